The summed E-state index contributed by atoms with van der Waals surface area (Å²) in [7, 11) is 0. The van der Waals surface area contributed by atoms with Gasteiger partial charge in [-0.2, -0.15) is 4.98 Å². The molecule has 8 heteroatoms. The van der Waals surface area contributed by atoms with Crippen LogP contribution in [0.2, 0.25) is 0 Å². The zero-order valence-electron chi connectivity index (χ0n) is 16.0. The predicted molar refractivity (Wildman–Crippen MR) is 105 cm³/mol. The molecule has 2 amide bonds. The third-order valence-electron chi connectivity index (χ3n) is 4.35. The summed E-state index contributed by atoms with van der Waals surface area (Å²) < 4.78 is 5.65. The van der Waals surface area contributed by atoms with Crippen molar-refractivity contribution in [2.75, 3.05) is 37.7 Å². The zero-order valence-corrected chi connectivity index (χ0v) is 16.0. The van der Waals surface area contributed by atoms with Gasteiger partial charge in [-0.15, -0.1) is 0 Å². The third-order valence-corrected chi connectivity index (χ3v) is 4.35. The average molecular weight is 383 g/mol. The van der Waals surface area contributed by atoms with Crippen LogP contribution < -0.4 is 20.3 Å². The molecule has 0 radical (unpaired) electrons. The highest BCUT2D eigenvalue weighted by Crippen LogP contribution is 2.21. The van der Waals surface area contributed by atoms with Gasteiger partial charge in [0.05, 0.1) is 13.1 Å². The third kappa shape index (κ3) is 5.67. The first kappa shape index (κ1) is 19.6. The Morgan fingerprint density at radius 1 is 1.11 bits per heavy atom. The Morgan fingerprint density at radius 3 is 2.61 bits per heavy atom. The number of anilines is 1. The monoisotopic (exact) mass is 383 g/mol. The number of hydrogen-bond donors (Lipinski definition) is 2. The number of aromatic nitrogens is 2. The van der Waals surface area contributed by atoms with Crippen molar-refractivity contribution in [3.8, 4) is 5.88 Å². The van der Waals surface area contributed by atoms with Gasteiger partial charge in [0.2, 0.25) is 11.8 Å². The summed E-state index contributed by atoms with van der Waals surface area (Å²) in [5.74, 6) is 1.49. The van der Waals surface area contributed by atoms with E-state index in [1.165, 1.54) is 12.8 Å². The Balaban J connectivity index is 1.38. The number of nitrogens with zero attached hydrogens (tertiary/aromatic N) is 3. The predicted octanol–water partition coefficient (Wildman–Crippen LogP) is 1.31. The van der Waals surface area contributed by atoms with Gasteiger partial charge in [0, 0.05) is 24.7 Å². The first-order valence-corrected chi connectivity index (χ1v) is 9.45. The Labute approximate surface area is 164 Å². The Hall–Kier alpha value is -3.16. The van der Waals surface area contributed by atoms with Gasteiger partial charge in [-0.25, -0.2) is 4.98 Å². The van der Waals surface area contributed by atoms with Crippen LogP contribution in [0.4, 0.5) is 5.82 Å². The highest BCUT2D eigenvalue weighted by molar-refractivity contribution is 5.96. The first-order valence-electron chi connectivity index (χ1n) is 9.45. The molecule has 0 bridgehead atoms. The summed E-state index contributed by atoms with van der Waals surface area (Å²) in [6, 6.07) is 10.6. The van der Waals surface area contributed by atoms with E-state index >= 15 is 0 Å². The van der Waals surface area contributed by atoms with Gasteiger partial charge in [-0.05, 0) is 31.9 Å². The molecular weight excluding hydrogens is 358 g/mol. The summed E-state index contributed by atoms with van der Waals surface area (Å²) in [5, 5.41) is 5.30. The number of aryl methyl sites for hydroxylation is 1. The van der Waals surface area contributed by atoms with E-state index in [-0.39, 0.29) is 25.0 Å². The fraction of sp³-hybridized carbons (Fsp3) is 0.400. The van der Waals surface area contributed by atoms with E-state index in [1.807, 2.05) is 19.1 Å². The molecule has 0 spiro atoms. The maximum atomic E-state index is 11.9. The molecule has 0 saturated carbocycles. The van der Waals surface area contributed by atoms with Crippen LogP contribution in [0.25, 0.3) is 0 Å². The fourth-order valence-corrected chi connectivity index (χ4v) is 2.97. The van der Waals surface area contributed by atoms with Crippen molar-refractivity contribution in [1.82, 2.24) is 20.6 Å². The summed E-state index contributed by atoms with van der Waals surface area (Å²) in [6.07, 6.45) is 2.35. The number of benzene rings is 1. The molecule has 1 saturated heterocycles. The molecule has 0 unspecified atom stereocenters. The van der Waals surface area contributed by atoms with Crippen molar-refractivity contribution in [1.29, 1.82) is 0 Å². The normalized spacial score (nSPS) is 13.2. The second-order valence-corrected chi connectivity index (χ2v) is 6.55. The number of amides is 2. The van der Waals surface area contributed by atoms with Gasteiger partial charge in [0.25, 0.3) is 5.91 Å². The molecule has 0 atom stereocenters. The highest BCUT2D eigenvalue weighted by Gasteiger charge is 2.15. The molecule has 8 nitrogen and oxygen atoms in total. The Kier molecular flexibility index (Phi) is 6.78. The van der Waals surface area contributed by atoms with Gasteiger partial charge < -0.3 is 20.3 Å². The van der Waals surface area contributed by atoms with E-state index in [1.54, 1.807) is 24.3 Å². The van der Waals surface area contributed by atoms with Crippen LogP contribution in [0.5, 0.6) is 5.88 Å². The fourth-order valence-electron chi connectivity index (χ4n) is 2.97. The van der Waals surface area contributed by atoms with Crippen LogP contribution >= 0.6 is 0 Å². The van der Waals surface area contributed by atoms with E-state index < -0.39 is 0 Å². The van der Waals surface area contributed by atoms with Gasteiger partial charge in [-0.1, -0.05) is 18.2 Å². The molecule has 2 N–H and O–H groups in total. The Bertz CT molecular complexity index is 807. The van der Waals surface area contributed by atoms with E-state index in [9.17, 15) is 9.59 Å². The maximum Gasteiger partial charge on any atom is 0.251 e. The minimum Gasteiger partial charge on any atom is -0.476 e. The van der Waals surface area contributed by atoms with Crippen LogP contribution in [0.1, 0.15) is 29.0 Å². The second kappa shape index (κ2) is 9.68. The van der Waals surface area contributed by atoms with Gasteiger partial charge >= 0.3 is 0 Å². The lowest BCUT2D eigenvalue weighted by atomic mass is 10.2. The van der Waals surface area contributed by atoms with E-state index in [0.717, 1.165) is 18.9 Å². The number of hydrogen-bond acceptors (Lipinski definition) is 6. The van der Waals surface area contributed by atoms with Crippen molar-refractivity contribution in [3.63, 3.8) is 0 Å². The molecule has 3 rings (SSSR count). The molecule has 148 valence electrons. The maximum absolute atomic E-state index is 11.9. The Morgan fingerprint density at radius 2 is 1.86 bits per heavy atom. The van der Waals surface area contributed by atoms with Crippen molar-refractivity contribution in [2.45, 2.75) is 19.8 Å². The van der Waals surface area contributed by atoms with E-state index in [2.05, 4.69) is 25.5 Å². The SMILES string of the molecule is Cc1nc(OCCNC(=O)CNC(=O)c2ccccc2)cc(N2CCCC2)n1. The minimum absolute atomic E-state index is 0.0839. The zero-order chi connectivity index (χ0) is 19.8. The number of carbonyl (C=O) groups is 2. The van der Waals surface area contributed by atoms with Gasteiger partial charge in [-0.3, -0.25) is 9.59 Å². The summed E-state index contributed by atoms with van der Waals surface area (Å²) in [6.45, 7) is 4.36. The number of rotatable bonds is 8. The topological polar surface area (TPSA) is 96.4 Å². The number of nitrogens with one attached hydrogen (secondary N) is 2. The van der Waals surface area contributed by atoms with Crippen LogP contribution in [0.3, 0.4) is 0 Å². The number of carbonyl (C=O) groups excluding carboxylic acids is 2. The van der Waals surface area contributed by atoms with Crippen molar-refractivity contribution < 1.29 is 14.3 Å². The standard InChI is InChI=1S/C20H25N5O3/c1-15-23-17(25-10-5-6-11-25)13-19(24-15)28-12-9-21-18(26)14-22-20(27)16-7-3-2-4-8-16/h2-4,7-8,13H,5-6,9-12,14H2,1H3,(H,21,26)(H,22,27). The quantitative estimate of drug-likeness (QED) is 0.667. The van der Waals surface area contributed by atoms with Crippen molar-refractivity contribution in [3.05, 3.63) is 47.8 Å². The largest absolute Gasteiger partial charge is 0.476 e. The molecule has 1 aliphatic rings. The van der Waals surface area contributed by atoms with Crippen molar-refractivity contribution in [2.24, 2.45) is 0 Å². The smallest absolute Gasteiger partial charge is 0.251 e. The van der Waals surface area contributed by atoms with Gasteiger partial charge in [0.1, 0.15) is 18.2 Å². The highest BCUT2D eigenvalue weighted by atomic mass is 16.5. The molecule has 1 aliphatic heterocycles. The summed E-state index contributed by atoms with van der Waals surface area (Å²) in [4.78, 5) is 34.7. The molecule has 2 heterocycles. The van der Waals surface area contributed by atoms with E-state index in [4.69, 9.17) is 4.74 Å². The molecule has 2 aromatic rings. The van der Waals surface area contributed by atoms with Crippen LogP contribution in [-0.2, 0) is 4.79 Å². The molecular formula is C20H25N5O3. The molecule has 1 fully saturated rings. The molecule has 1 aromatic carbocycles. The first-order chi connectivity index (χ1) is 13.6. The van der Waals surface area contributed by atoms with Crippen LogP contribution in [0.15, 0.2) is 36.4 Å². The van der Waals surface area contributed by atoms with Gasteiger partial charge in [0.15, 0.2) is 0 Å². The van der Waals surface area contributed by atoms with Crippen LogP contribution in [-0.4, -0.2) is 54.6 Å². The lowest BCUT2D eigenvalue weighted by Crippen LogP contribution is -2.38. The van der Waals surface area contributed by atoms with Crippen LogP contribution in [0, 0.1) is 6.92 Å². The van der Waals surface area contributed by atoms with E-state index in [0.29, 0.717) is 23.8 Å². The lowest BCUT2D eigenvalue weighted by Gasteiger charge is -2.17. The molecule has 0 aliphatic carbocycles. The minimum atomic E-state index is -0.280. The summed E-state index contributed by atoms with van der Waals surface area (Å²) in [5.41, 5.74) is 0.520. The lowest BCUT2D eigenvalue weighted by molar-refractivity contribution is -0.120. The van der Waals surface area contributed by atoms with Crippen molar-refractivity contribution >= 4 is 17.6 Å². The second-order valence-electron chi connectivity index (χ2n) is 6.55. The average Bonchev–Trinajstić information content (AvgIpc) is 3.25. The molecule has 1 aromatic heterocycles. The summed E-state index contributed by atoms with van der Waals surface area (Å²) >= 11 is 0. The number of ether oxygens (including phenoxy) is 1. The molecule has 28 heavy (non-hydrogen) atoms.